The summed E-state index contributed by atoms with van der Waals surface area (Å²) in [5.74, 6) is 0.782. The van der Waals surface area contributed by atoms with E-state index in [9.17, 15) is 14.9 Å². The Bertz CT molecular complexity index is 1280. The van der Waals surface area contributed by atoms with Gasteiger partial charge in [0.1, 0.15) is 11.5 Å². The number of amides is 1. The third kappa shape index (κ3) is 4.55. The molecule has 1 aliphatic heterocycles. The van der Waals surface area contributed by atoms with Gasteiger partial charge in [-0.3, -0.25) is 14.9 Å². The topological polar surface area (TPSA) is 97.7 Å². The van der Waals surface area contributed by atoms with Crippen molar-refractivity contribution in [2.75, 3.05) is 0 Å². The van der Waals surface area contributed by atoms with Crippen LogP contribution in [0.3, 0.4) is 0 Å². The number of aliphatic imine (C=N–C) groups is 1. The fourth-order valence-electron chi connectivity index (χ4n) is 3.04. The van der Waals surface area contributed by atoms with Gasteiger partial charge in [0.15, 0.2) is 5.17 Å². The van der Waals surface area contributed by atoms with Crippen LogP contribution in [-0.4, -0.2) is 16.0 Å². The molecule has 31 heavy (non-hydrogen) atoms. The zero-order chi connectivity index (χ0) is 22.1. The Morgan fingerprint density at radius 1 is 1.13 bits per heavy atom. The number of nitro groups is 1. The first-order chi connectivity index (χ1) is 14.8. The molecule has 0 saturated carbocycles. The van der Waals surface area contributed by atoms with Crippen LogP contribution in [0.2, 0.25) is 5.02 Å². The number of rotatable bonds is 4. The van der Waals surface area contributed by atoms with Gasteiger partial charge in [0, 0.05) is 28.8 Å². The number of aryl methyl sites for hydroxylation is 2. The number of halogens is 1. The molecular formula is C22H16ClN3O4S. The van der Waals surface area contributed by atoms with Gasteiger partial charge in [0.05, 0.1) is 15.5 Å². The van der Waals surface area contributed by atoms with Gasteiger partial charge in [-0.25, -0.2) is 4.99 Å². The molecule has 0 radical (unpaired) electrons. The summed E-state index contributed by atoms with van der Waals surface area (Å²) < 4.78 is 5.85. The summed E-state index contributed by atoms with van der Waals surface area (Å²) in [5.41, 5.74) is 3.12. The normalized spacial score (nSPS) is 16.2. The van der Waals surface area contributed by atoms with Gasteiger partial charge >= 0.3 is 0 Å². The van der Waals surface area contributed by atoms with Crippen molar-refractivity contribution in [2.45, 2.75) is 13.8 Å². The van der Waals surface area contributed by atoms with Crippen molar-refractivity contribution in [1.29, 1.82) is 0 Å². The minimum atomic E-state index is -0.436. The smallest absolute Gasteiger partial charge is 0.269 e. The van der Waals surface area contributed by atoms with Crippen molar-refractivity contribution in [3.05, 3.63) is 85.5 Å². The van der Waals surface area contributed by atoms with Crippen LogP contribution >= 0.6 is 23.4 Å². The lowest BCUT2D eigenvalue weighted by Crippen LogP contribution is -2.19. The standard InChI is InChI=1S/C22H16ClN3O4S/c1-12-3-4-14(23)10-18(12)24-22-25-21(27)20(31-22)11-16-6-8-19(30-16)17-7-5-15(26(28)29)9-13(17)2/h3-11H,1-2H3,(H,24,25,27)/b20-11-. The molecule has 4 rings (SSSR count). The number of carbonyl (C=O) groups excluding carboxylic acids is 1. The number of nitrogens with one attached hydrogen (secondary N) is 1. The van der Waals surface area contributed by atoms with Gasteiger partial charge in [-0.2, -0.15) is 0 Å². The number of nitrogens with zero attached hydrogens (tertiary/aromatic N) is 2. The number of non-ortho nitro benzene ring substituents is 1. The number of hydrogen-bond acceptors (Lipinski definition) is 6. The molecule has 2 aromatic carbocycles. The van der Waals surface area contributed by atoms with Crippen LogP contribution < -0.4 is 5.32 Å². The van der Waals surface area contributed by atoms with E-state index in [1.165, 1.54) is 23.9 Å². The zero-order valence-electron chi connectivity index (χ0n) is 16.5. The Morgan fingerprint density at radius 3 is 2.68 bits per heavy atom. The molecule has 0 bridgehead atoms. The number of thioether (sulfide) groups is 1. The van der Waals surface area contributed by atoms with E-state index in [0.717, 1.165) is 16.7 Å². The molecule has 1 N–H and O–H groups in total. The molecule has 0 atom stereocenters. The number of amidine groups is 1. The summed E-state index contributed by atoms with van der Waals surface area (Å²) in [7, 11) is 0. The maximum absolute atomic E-state index is 12.4. The van der Waals surface area contributed by atoms with Crippen LogP contribution in [0.5, 0.6) is 0 Å². The minimum absolute atomic E-state index is 0.0240. The van der Waals surface area contributed by atoms with E-state index >= 15 is 0 Å². The number of hydrogen-bond donors (Lipinski definition) is 1. The number of carbonyl (C=O) groups is 1. The van der Waals surface area contributed by atoms with E-state index < -0.39 is 4.92 Å². The van der Waals surface area contributed by atoms with Crippen LogP contribution in [0, 0.1) is 24.0 Å². The summed E-state index contributed by atoms with van der Waals surface area (Å²) >= 11 is 7.24. The monoisotopic (exact) mass is 453 g/mol. The largest absolute Gasteiger partial charge is 0.457 e. The summed E-state index contributed by atoms with van der Waals surface area (Å²) in [6.07, 6.45) is 1.64. The minimum Gasteiger partial charge on any atom is -0.457 e. The highest BCUT2D eigenvalue weighted by molar-refractivity contribution is 8.18. The molecule has 1 fully saturated rings. The van der Waals surface area contributed by atoms with E-state index in [0.29, 0.717) is 32.3 Å². The Kier molecular flexibility index (Phi) is 5.67. The van der Waals surface area contributed by atoms with Gasteiger partial charge in [0.25, 0.3) is 11.6 Å². The molecular weight excluding hydrogens is 438 g/mol. The molecule has 0 aliphatic carbocycles. The predicted octanol–water partition coefficient (Wildman–Crippen LogP) is 6.02. The van der Waals surface area contributed by atoms with Crippen molar-refractivity contribution >= 4 is 51.9 Å². The summed E-state index contributed by atoms with van der Waals surface area (Å²) in [6, 6.07) is 13.5. The van der Waals surface area contributed by atoms with Crippen LogP contribution in [0.15, 0.2) is 62.8 Å². The van der Waals surface area contributed by atoms with Crippen LogP contribution in [0.4, 0.5) is 11.4 Å². The van der Waals surface area contributed by atoms with E-state index in [1.807, 2.05) is 13.0 Å². The quantitative estimate of drug-likeness (QED) is 0.296. The van der Waals surface area contributed by atoms with Crippen molar-refractivity contribution in [1.82, 2.24) is 5.32 Å². The molecule has 1 amide bonds. The number of furan rings is 1. The number of nitro benzene ring substituents is 1. The Balaban J connectivity index is 1.57. The first-order valence-corrected chi connectivity index (χ1v) is 10.4. The van der Waals surface area contributed by atoms with Crippen molar-refractivity contribution in [2.24, 2.45) is 4.99 Å². The van der Waals surface area contributed by atoms with Gasteiger partial charge in [0.2, 0.25) is 0 Å². The summed E-state index contributed by atoms with van der Waals surface area (Å²) in [4.78, 5) is 27.8. The van der Waals surface area contributed by atoms with Gasteiger partial charge < -0.3 is 9.73 Å². The second-order valence-corrected chi connectivity index (χ2v) is 8.34. The highest BCUT2D eigenvalue weighted by Gasteiger charge is 2.24. The lowest BCUT2D eigenvalue weighted by Gasteiger charge is -2.02. The highest BCUT2D eigenvalue weighted by Crippen LogP contribution is 2.33. The van der Waals surface area contributed by atoms with Crippen LogP contribution in [0.1, 0.15) is 16.9 Å². The highest BCUT2D eigenvalue weighted by atomic mass is 35.5. The Labute approximate surface area is 187 Å². The van der Waals surface area contributed by atoms with Crippen molar-refractivity contribution in [3.8, 4) is 11.3 Å². The lowest BCUT2D eigenvalue weighted by atomic mass is 10.1. The Hall–Kier alpha value is -3.36. The molecule has 0 spiro atoms. The SMILES string of the molecule is Cc1ccc(Cl)cc1N=C1NC(=O)/C(=C/c2ccc(-c3ccc([N+](=O)[O-])cc3C)o2)S1. The van der Waals surface area contributed by atoms with E-state index in [4.69, 9.17) is 16.0 Å². The van der Waals surface area contributed by atoms with Crippen molar-refractivity contribution < 1.29 is 14.1 Å². The second kappa shape index (κ2) is 8.41. The predicted molar refractivity (Wildman–Crippen MR) is 123 cm³/mol. The van der Waals surface area contributed by atoms with Crippen LogP contribution in [-0.2, 0) is 4.79 Å². The fourth-order valence-corrected chi connectivity index (χ4v) is 4.02. The summed E-state index contributed by atoms with van der Waals surface area (Å²) in [6.45, 7) is 3.70. The maximum atomic E-state index is 12.4. The van der Waals surface area contributed by atoms with E-state index in [1.54, 1.807) is 43.3 Å². The third-order valence-corrected chi connectivity index (χ3v) is 5.78. The van der Waals surface area contributed by atoms with E-state index in [2.05, 4.69) is 10.3 Å². The zero-order valence-corrected chi connectivity index (χ0v) is 18.1. The molecule has 7 nitrogen and oxygen atoms in total. The molecule has 156 valence electrons. The number of benzene rings is 2. The average molecular weight is 454 g/mol. The lowest BCUT2D eigenvalue weighted by molar-refractivity contribution is -0.384. The van der Waals surface area contributed by atoms with E-state index in [-0.39, 0.29) is 11.6 Å². The molecule has 0 unspecified atom stereocenters. The molecule has 9 heteroatoms. The van der Waals surface area contributed by atoms with Crippen LogP contribution in [0.25, 0.3) is 17.4 Å². The molecule has 3 aromatic rings. The molecule has 1 aromatic heterocycles. The third-order valence-electron chi connectivity index (χ3n) is 4.63. The average Bonchev–Trinajstić information content (AvgIpc) is 3.31. The summed E-state index contributed by atoms with van der Waals surface area (Å²) in [5, 5.41) is 14.7. The molecule has 1 aliphatic rings. The van der Waals surface area contributed by atoms with Gasteiger partial charge in [-0.1, -0.05) is 17.7 Å². The maximum Gasteiger partial charge on any atom is 0.269 e. The van der Waals surface area contributed by atoms with Gasteiger partial charge in [-0.05, 0) is 67.1 Å². The molecule has 1 saturated heterocycles. The fraction of sp³-hybridized carbons (Fsp3) is 0.0909. The first kappa shape index (κ1) is 20.9. The van der Waals surface area contributed by atoms with Crippen molar-refractivity contribution in [3.63, 3.8) is 0 Å². The van der Waals surface area contributed by atoms with Gasteiger partial charge in [-0.15, -0.1) is 0 Å². The Morgan fingerprint density at radius 2 is 1.94 bits per heavy atom. The molecule has 2 heterocycles. The second-order valence-electron chi connectivity index (χ2n) is 6.87. The first-order valence-electron chi connectivity index (χ1n) is 9.21.